The second-order valence-corrected chi connectivity index (χ2v) is 23.2. The van der Waals surface area contributed by atoms with Gasteiger partial charge in [0, 0.05) is 6.42 Å². The molecule has 0 rings (SSSR count). The molecule has 0 aromatic heterocycles. The standard InChI is InChI=1S/C59H117N2O6P/c1-6-8-10-12-14-16-18-20-22-24-25-26-27-28-29-30-31-32-33-34-35-37-39-41-43-45-47-49-51-53-59(63)60-57(56-67-68(64,65)66-55-54-61(3,4)5)58(62)52-50-48-46-44-42-40-38-36-23-21-19-17-15-13-11-9-7-2/h25-26,28-29,57-58,62H,6-24,27,30-56H2,1-5H3,(H-,60,63,64,65)/p+1/b26-25-,29-28-. The molecule has 0 bridgehead atoms. The number of allylic oxidation sites excluding steroid dienone is 4. The maximum Gasteiger partial charge on any atom is 0.472 e. The van der Waals surface area contributed by atoms with E-state index in [4.69, 9.17) is 9.05 Å². The second-order valence-electron chi connectivity index (χ2n) is 21.7. The molecule has 404 valence electrons. The van der Waals surface area contributed by atoms with E-state index in [0.29, 0.717) is 23.9 Å². The number of carbonyl (C=O) groups is 1. The van der Waals surface area contributed by atoms with Crippen molar-refractivity contribution in [2.75, 3.05) is 40.9 Å². The number of rotatable bonds is 55. The van der Waals surface area contributed by atoms with Crippen LogP contribution in [-0.2, 0) is 18.4 Å². The zero-order chi connectivity index (χ0) is 49.9. The Hall–Kier alpha value is -1.02. The number of phosphoric ester groups is 1. The minimum atomic E-state index is -4.32. The number of nitrogens with one attached hydrogen (secondary N) is 1. The highest BCUT2D eigenvalue weighted by atomic mass is 31.2. The van der Waals surface area contributed by atoms with Gasteiger partial charge in [-0.25, -0.2) is 4.57 Å². The zero-order valence-corrected chi connectivity index (χ0v) is 47.0. The summed E-state index contributed by atoms with van der Waals surface area (Å²) in [7, 11) is 1.63. The van der Waals surface area contributed by atoms with Crippen LogP contribution in [-0.4, -0.2) is 73.4 Å². The van der Waals surface area contributed by atoms with Crippen molar-refractivity contribution in [2.24, 2.45) is 0 Å². The molecular weight excluding hydrogens is 864 g/mol. The first-order valence-electron chi connectivity index (χ1n) is 29.7. The van der Waals surface area contributed by atoms with Crippen LogP contribution in [0, 0.1) is 0 Å². The zero-order valence-electron chi connectivity index (χ0n) is 46.1. The summed E-state index contributed by atoms with van der Waals surface area (Å²) in [6.07, 6.45) is 63.8. The fraction of sp³-hybridized carbons (Fsp3) is 0.915. The summed E-state index contributed by atoms with van der Waals surface area (Å²) >= 11 is 0. The molecule has 3 N–H and O–H groups in total. The molecule has 68 heavy (non-hydrogen) atoms. The number of carbonyl (C=O) groups excluding carboxylic acids is 1. The third-order valence-corrected chi connectivity index (χ3v) is 14.7. The van der Waals surface area contributed by atoms with Crippen LogP contribution in [0.1, 0.15) is 296 Å². The second kappa shape index (κ2) is 50.9. The molecule has 0 aliphatic rings. The van der Waals surface area contributed by atoms with Crippen LogP contribution in [0.2, 0.25) is 0 Å². The van der Waals surface area contributed by atoms with Gasteiger partial charge in [-0.15, -0.1) is 0 Å². The van der Waals surface area contributed by atoms with Gasteiger partial charge in [0.15, 0.2) is 0 Å². The highest BCUT2D eigenvalue weighted by molar-refractivity contribution is 7.47. The van der Waals surface area contributed by atoms with Crippen molar-refractivity contribution in [3.8, 4) is 0 Å². The molecule has 0 fully saturated rings. The smallest absolute Gasteiger partial charge is 0.391 e. The van der Waals surface area contributed by atoms with Crippen LogP contribution < -0.4 is 5.32 Å². The lowest BCUT2D eigenvalue weighted by Gasteiger charge is -2.26. The molecule has 8 nitrogen and oxygen atoms in total. The normalized spacial score (nSPS) is 14.0. The summed E-state index contributed by atoms with van der Waals surface area (Å²) in [6, 6.07) is -0.760. The van der Waals surface area contributed by atoms with E-state index < -0.39 is 20.0 Å². The van der Waals surface area contributed by atoms with Crippen molar-refractivity contribution in [3.63, 3.8) is 0 Å². The summed E-state index contributed by atoms with van der Waals surface area (Å²) in [5.74, 6) is -0.141. The number of hydrogen-bond donors (Lipinski definition) is 3. The maximum atomic E-state index is 13.0. The maximum absolute atomic E-state index is 13.0. The highest BCUT2D eigenvalue weighted by Gasteiger charge is 2.28. The number of phosphoric acid groups is 1. The van der Waals surface area contributed by atoms with E-state index in [0.717, 1.165) is 44.9 Å². The van der Waals surface area contributed by atoms with Gasteiger partial charge in [-0.2, -0.15) is 0 Å². The van der Waals surface area contributed by atoms with Crippen molar-refractivity contribution in [3.05, 3.63) is 24.3 Å². The number of nitrogens with zero attached hydrogens (tertiary/aromatic N) is 1. The Kier molecular flexibility index (Phi) is 50.1. The van der Waals surface area contributed by atoms with Gasteiger partial charge < -0.3 is 19.8 Å². The molecule has 3 atom stereocenters. The Morgan fingerprint density at radius 3 is 1.21 bits per heavy atom. The van der Waals surface area contributed by atoms with E-state index in [2.05, 4.69) is 43.5 Å². The minimum absolute atomic E-state index is 0.0762. The molecule has 0 aliphatic heterocycles. The third kappa shape index (κ3) is 52.8. The largest absolute Gasteiger partial charge is 0.472 e. The monoisotopic (exact) mass is 982 g/mol. The summed E-state index contributed by atoms with van der Waals surface area (Å²) in [5.41, 5.74) is 0. The van der Waals surface area contributed by atoms with Crippen molar-refractivity contribution in [1.82, 2.24) is 5.32 Å². The van der Waals surface area contributed by atoms with Gasteiger partial charge in [-0.05, 0) is 44.9 Å². The lowest BCUT2D eigenvalue weighted by molar-refractivity contribution is -0.870. The van der Waals surface area contributed by atoms with Gasteiger partial charge in [0.2, 0.25) is 5.91 Å². The Bertz CT molecular complexity index is 1160. The number of quaternary nitrogens is 1. The number of amides is 1. The number of hydrogen-bond acceptors (Lipinski definition) is 5. The van der Waals surface area contributed by atoms with Crippen LogP contribution >= 0.6 is 7.82 Å². The molecule has 0 saturated carbocycles. The first-order chi connectivity index (χ1) is 33.0. The quantitative estimate of drug-likeness (QED) is 0.0243. The van der Waals surface area contributed by atoms with Crippen molar-refractivity contribution in [1.29, 1.82) is 0 Å². The van der Waals surface area contributed by atoms with Gasteiger partial charge >= 0.3 is 7.82 Å². The molecule has 3 unspecified atom stereocenters. The molecule has 0 aliphatic carbocycles. The molecule has 0 radical (unpaired) electrons. The molecular formula is C59H118N2O6P+. The Labute approximate surface area is 424 Å². The molecule has 0 aromatic rings. The first kappa shape index (κ1) is 67.0. The van der Waals surface area contributed by atoms with Gasteiger partial charge in [-0.3, -0.25) is 13.8 Å². The molecule has 0 aromatic carbocycles. The van der Waals surface area contributed by atoms with Crippen LogP contribution in [0.25, 0.3) is 0 Å². The molecule has 0 saturated heterocycles. The Morgan fingerprint density at radius 2 is 0.838 bits per heavy atom. The fourth-order valence-corrected chi connectivity index (χ4v) is 9.76. The lowest BCUT2D eigenvalue weighted by atomic mass is 10.0. The summed E-state index contributed by atoms with van der Waals surface area (Å²) in [6.45, 7) is 4.93. The summed E-state index contributed by atoms with van der Waals surface area (Å²) in [5, 5.41) is 14.1. The third-order valence-electron chi connectivity index (χ3n) is 13.7. The predicted molar refractivity (Wildman–Crippen MR) is 295 cm³/mol. The summed E-state index contributed by atoms with van der Waals surface area (Å²) < 4.78 is 23.8. The van der Waals surface area contributed by atoms with Crippen molar-refractivity contribution in [2.45, 2.75) is 309 Å². The number of likely N-dealkylation sites (N-methyl/N-ethyl adjacent to an activating group) is 1. The van der Waals surface area contributed by atoms with Crippen molar-refractivity contribution < 1.29 is 32.9 Å². The molecule has 1 amide bonds. The first-order valence-corrected chi connectivity index (χ1v) is 31.2. The molecule has 0 spiro atoms. The van der Waals surface area contributed by atoms with E-state index in [1.807, 2.05) is 21.1 Å². The van der Waals surface area contributed by atoms with E-state index >= 15 is 0 Å². The van der Waals surface area contributed by atoms with Crippen LogP contribution in [0.15, 0.2) is 24.3 Å². The van der Waals surface area contributed by atoms with Crippen LogP contribution in [0.4, 0.5) is 0 Å². The topological polar surface area (TPSA) is 105 Å². The Morgan fingerprint density at radius 1 is 0.500 bits per heavy atom. The van der Waals surface area contributed by atoms with E-state index in [-0.39, 0.29) is 19.1 Å². The van der Waals surface area contributed by atoms with E-state index in [1.165, 1.54) is 225 Å². The average Bonchev–Trinajstić information content (AvgIpc) is 3.30. The number of aliphatic hydroxyl groups is 1. The number of aliphatic hydroxyl groups excluding tert-OH is 1. The van der Waals surface area contributed by atoms with Crippen LogP contribution in [0.3, 0.4) is 0 Å². The van der Waals surface area contributed by atoms with Gasteiger partial charge in [-0.1, -0.05) is 269 Å². The SMILES string of the molecule is CCCCCCCCCCC/C=C\C/C=C\CCCCCCCCCCCCCCCC(=O)NC(COP(=O)(O)OCC[N+](C)(C)C)C(O)CCCCCCCCCCCCCCCCCCC. The van der Waals surface area contributed by atoms with Gasteiger partial charge in [0.25, 0.3) is 0 Å². The van der Waals surface area contributed by atoms with Gasteiger partial charge in [0.05, 0.1) is 39.9 Å². The number of unbranched alkanes of at least 4 members (excludes halogenated alkanes) is 38. The minimum Gasteiger partial charge on any atom is -0.391 e. The molecule has 0 heterocycles. The van der Waals surface area contributed by atoms with E-state index in [9.17, 15) is 19.4 Å². The van der Waals surface area contributed by atoms with Crippen molar-refractivity contribution >= 4 is 13.7 Å². The molecule has 9 heteroatoms. The lowest BCUT2D eigenvalue weighted by Crippen LogP contribution is -2.46. The summed E-state index contributed by atoms with van der Waals surface area (Å²) in [4.78, 5) is 23.3. The Balaban J connectivity index is 4.09. The van der Waals surface area contributed by atoms with E-state index in [1.54, 1.807) is 0 Å². The van der Waals surface area contributed by atoms with Gasteiger partial charge in [0.1, 0.15) is 13.2 Å². The highest BCUT2D eigenvalue weighted by Crippen LogP contribution is 2.43. The fourth-order valence-electron chi connectivity index (χ4n) is 9.02. The average molecular weight is 983 g/mol. The van der Waals surface area contributed by atoms with Crippen LogP contribution in [0.5, 0.6) is 0 Å². The predicted octanol–water partition coefficient (Wildman–Crippen LogP) is 18.0.